The molecule has 0 spiro atoms. The molecule has 0 fully saturated rings. The number of carbonyl (C=O) groups is 1. The molecule has 0 radical (unpaired) electrons. The Kier molecular flexibility index (Phi) is 3.38. The molecule has 2 rings (SSSR count). The summed E-state index contributed by atoms with van der Waals surface area (Å²) in [6, 6.07) is 5.91. The molecule has 1 atom stereocenters. The minimum absolute atomic E-state index is 0.0427. The summed E-state index contributed by atoms with van der Waals surface area (Å²) >= 11 is 3.51. The summed E-state index contributed by atoms with van der Waals surface area (Å²) in [6.07, 6.45) is 1.82. The molecule has 1 aromatic heterocycles. The molecule has 2 aromatic rings. The molecule has 0 aliphatic heterocycles. The molecule has 0 amide bonds. The van der Waals surface area contributed by atoms with Gasteiger partial charge >= 0.3 is 0 Å². The third-order valence-corrected chi connectivity index (χ3v) is 3.99. The lowest BCUT2D eigenvalue weighted by Crippen LogP contribution is -2.16. The van der Waals surface area contributed by atoms with Gasteiger partial charge in [0, 0.05) is 33.1 Å². The van der Waals surface area contributed by atoms with E-state index in [0.717, 1.165) is 20.9 Å². The van der Waals surface area contributed by atoms with Crippen LogP contribution in [-0.2, 0) is 0 Å². The second-order valence-electron chi connectivity index (χ2n) is 4.76. The Morgan fingerprint density at radius 3 is 2.65 bits per heavy atom. The van der Waals surface area contributed by atoms with Gasteiger partial charge in [-0.3, -0.25) is 4.79 Å². The molecule has 17 heavy (non-hydrogen) atoms. The highest BCUT2D eigenvalue weighted by Crippen LogP contribution is 2.29. The normalized spacial score (nSPS) is 13.2. The van der Waals surface area contributed by atoms with Crippen molar-refractivity contribution in [2.45, 2.75) is 20.8 Å². The fourth-order valence-electron chi connectivity index (χ4n) is 1.88. The van der Waals surface area contributed by atoms with Gasteiger partial charge in [-0.05, 0) is 18.1 Å². The topological polar surface area (TPSA) is 32.9 Å². The van der Waals surface area contributed by atoms with Crippen molar-refractivity contribution in [2.75, 3.05) is 0 Å². The molecule has 1 aromatic carbocycles. The van der Waals surface area contributed by atoms with Gasteiger partial charge in [-0.25, -0.2) is 0 Å². The predicted molar refractivity (Wildman–Crippen MR) is 74.3 cm³/mol. The van der Waals surface area contributed by atoms with E-state index in [1.807, 2.05) is 31.3 Å². The van der Waals surface area contributed by atoms with Crippen LogP contribution in [0.4, 0.5) is 0 Å². The highest BCUT2D eigenvalue weighted by atomic mass is 79.9. The molecule has 1 heterocycles. The molecule has 0 aliphatic rings. The summed E-state index contributed by atoms with van der Waals surface area (Å²) in [5.74, 6) is 0.606. The van der Waals surface area contributed by atoms with E-state index in [1.54, 1.807) is 0 Å². The number of Topliss-reactive ketones (excluding diaryl/α,β-unsaturated/α-hetero) is 1. The van der Waals surface area contributed by atoms with E-state index in [-0.39, 0.29) is 11.7 Å². The number of carbonyl (C=O) groups excluding carboxylic acids is 1. The van der Waals surface area contributed by atoms with Crippen LogP contribution in [0.15, 0.2) is 28.9 Å². The van der Waals surface area contributed by atoms with Crippen molar-refractivity contribution in [3.63, 3.8) is 0 Å². The highest BCUT2D eigenvalue weighted by Gasteiger charge is 2.22. The molecule has 2 nitrogen and oxygen atoms in total. The Labute approximate surface area is 110 Å². The molecule has 0 saturated carbocycles. The Morgan fingerprint density at radius 2 is 2.00 bits per heavy atom. The Balaban J connectivity index is 2.53. The van der Waals surface area contributed by atoms with Gasteiger partial charge in [0.25, 0.3) is 0 Å². The minimum atomic E-state index is 0.0427. The monoisotopic (exact) mass is 293 g/mol. The first-order valence-electron chi connectivity index (χ1n) is 5.82. The number of H-pyrrole nitrogens is 1. The van der Waals surface area contributed by atoms with E-state index in [0.29, 0.717) is 5.92 Å². The Bertz CT molecular complexity index is 556. The van der Waals surface area contributed by atoms with Crippen molar-refractivity contribution < 1.29 is 4.79 Å². The van der Waals surface area contributed by atoms with Crippen molar-refractivity contribution in [3.05, 3.63) is 34.4 Å². The average Bonchev–Trinajstić information content (AvgIpc) is 2.72. The lowest BCUT2D eigenvalue weighted by Gasteiger charge is -2.13. The van der Waals surface area contributed by atoms with Crippen LogP contribution in [0, 0.1) is 11.8 Å². The number of ketones is 1. The second-order valence-corrected chi connectivity index (χ2v) is 5.62. The quantitative estimate of drug-likeness (QED) is 0.836. The maximum absolute atomic E-state index is 12.4. The standard InChI is InChI=1S/C14H16BrNO/c1-8(2)9(3)14(17)10-7-16-12-6-4-5-11(15)13(10)12/h4-9,16H,1-3H3. The fourth-order valence-corrected chi connectivity index (χ4v) is 2.46. The molecule has 3 heteroatoms. The highest BCUT2D eigenvalue weighted by molar-refractivity contribution is 9.10. The van der Waals surface area contributed by atoms with Crippen LogP contribution in [0.25, 0.3) is 10.9 Å². The van der Waals surface area contributed by atoms with Crippen molar-refractivity contribution in [3.8, 4) is 0 Å². The summed E-state index contributed by atoms with van der Waals surface area (Å²) in [6.45, 7) is 6.14. The number of benzene rings is 1. The van der Waals surface area contributed by atoms with Crippen LogP contribution in [-0.4, -0.2) is 10.8 Å². The van der Waals surface area contributed by atoms with Crippen LogP contribution in [0.2, 0.25) is 0 Å². The molecule has 90 valence electrons. The lowest BCUT2D eigenvalue weighted by atomic mass is 9.89. The van der Waals surface area contributed by atoms with E-state index < -0.39 is 0 Å². The minimum Gasteiger partial charge on any atom is -0.360 e. The molecule has 0 aliphatic carbocycles. The maximum Gasteiger partial charge on any atom is 0.168 e. The SMILES string of the molecule is CC(C)C(C)C(=O)c1c[nH]c2cccc(Br)c12. The maximum atomic E-state index is 12.4. The third-order valence-electron chi connectivity index (χ3n) is 3.33. The summed E-state index contributed by atoms with van der Waals surface area (Å²) in [7, 11) is 0. The summed E-state index contributed by atoms with van der Waals surface area (Å²) in [5, 5.41) is 0.991. The van der Waals surface area contributed by atoms with E-state index in [4.69, 9.17) is 0 Å². The van der Waals surface area contributed by atoms with E-state index in [1.165, 1.54) is 0 Å². The van der Waals surface area contributed by atoms with Crippen LogP contribution in [0.1, 0.15) is 31.1 Å². The molecule has 1 N–H and O–H groups in total. The van der Waals surface area contributed by atoms with Crippen molar-refractivity contribution >= 4 is 32.6 Å². The molecule has 0 bridgehead atoms. The number of halogens is 1. The molecular formula is C14H16BrNO. The van der Waals surface area contributed by atoms with Gasteiger partial charge in [-0.1, -0.05) is 42.8 Å². The lowest BCUT2D eigenvalue weighted by molar-refractivity contribution is 0.0901. The number of hydrogen-bond donors (Lipinski definition) is 1. The number of hydrogen-bond acceptors (Lipinski definition) is 1. The van der Waals surface area contributed by atoms with Crippen LogP contribution < -0.4 is 0 Å². The van der Waals surface area contributed by atoms with Gasteiger partial charge in [-0.15, -0.1) is 0 Å². The molecule has 0 saturated heterocycles. The first-order chi connectivity index (χ1) is 8.02. The van der Waals surface area contributed by atoms with Gasteiger partial charge in [0.05, 0.1) is 0 Å². The number of aromatic amines is 1. The van der Waals surface area contributed by atoms with Gasteiger partial charge in [0.1, 0.15) is 0 Å². The number of fused-ring (bicyclic) bond motifs is 1. The zero-order valence-electron chi connectivity index (χ0n) is 10.3. The van der Waals surface area contributed by atoms with E-state index in [2.05, 4.69) is 34.8 Å². The predicted octanol–water partition coefficient (Wildman–Crippen LogP) is 4.41. The fraction of sp³-hybridized carbons (Fsp3) is 0.357. The van der Waals surface area contributed by atoms with Crippen molar-refractivity contribution in [2.24, 2.45) is 11.8 Å². The second kappa shape index (κ2) is 4.65. The Hall–Kier alpha value is -1.09. The van der Waals surface area contributed by atoms with Crippen LogP contribution >= 0.6 is 15.9 Å². The average molecular weight is 294 g/mol. The molecular weight excluding hydrogens is 278 g/mol. The van der Waals surface area contributed by atoms with Crippen LogP contribution in [0.5, 0.6) is 0 Å². The largest absolute Gasteiger partial charge is 0.360 e. The Morgan fingerprint density at radius 1 is 1.29 bits per heavy atom. The summed E-state index contributed by atoms with van der Waals surface area (Å²) in [4.78, 5) is 15.5. The first kappa shape index (κ1) is 12.4. The zero-order valence-corrected chi connectivity index (χ0v) is 11.8. The van der Waals surface area contributed by atoms with E-state index >= 15 is 0 Å². The third kappa shape index (κ3) is 2.16. The van der Waals surface area contributed by atoms with Gasteiger partial charge in [-0.2, -0.15) is 0 Å². The smallest absolute Gasteiger partial charge is 0.168 e. The van der Waals surface area contributed by atoms with Crippen molar-refractivity contribution in [1.29, 1.82) is 0 Å². The van der Waals surface area contributed by atoms with Crippen molar-refractivity contribution in [1.82, 2.24) is 4.98 Å². The summed E-state index contributed by atoms with van der Waals surface area (Å²) < 4.78 is 0.968. The number of rotatable bonds is 3. The zero-order chi connectivity index (χ0) is 12.6. The van der Waals surface area contributed by atoms with Gasteiger partial charge < -0.3 is 4.98 Å². The number of nitrogens with one attached hydrogen (secondary N) is 1. The summed E-state index contributed by atoms with van der Waals surface area (Å²) in [5.41, 5.74) is 1.78. The molecule has 1 unspecified atom stereocenters. The number of aromatic nitrogens is 1. The van der Waals surface area contributed by atoms with Gasteiger partial charge in [0.2, 0.25) is 0 Å². The van der Waals surface area contributed by atoms with E-state index in [9.17, 15) is 4.79 Å². The van der Waals surface area contributed by atoms with Gasteiger partial charge in [0.15, 0.2) is 5.78 Å². The first-order valence-corrected chi connectivity index (χ1v) is 6.61. The van der Waals surface area contributed by atoms with Crippen LogP contribution in [0.3, 0.4) is 0 Å².